The van der Waals surface area contributed by atoms with E-state index < -0.39 is 0 Å². The van der Waals surface area contributed by atoms with E-state index in [-0.39, 0.29) is 5.92 Å². The van der Waals surface area contributed by atoms with E-state index in [1.165, 1.54) is 10.5 Å². The van der Waals surface area contributed by atoms with Crippen molar-refractivity contribution in [1.29, 1.82) is 0 Å². The first-order valence-corrected chi connectivity index (χ1v) is 11.6. The third-order valence-corrected chi connectivity index (χ3v) is 6.82. The lowest BCUT2D eigenvalue weighted by Crippen LogP contribution is -2.47. The summed E-state index contributed by atoms with van der Waals surface area (Å²) in [5.41, 5.74) is 1.34. The maximum Gasteiger partial charge on any atom is 0.225 e. The minimum Gasteiger partial charge on any atom is -0.378 e. The van der Waals surface area contributed by atoms with E-state index >= 15 is 0 Å². The Labute approximate surface area is 183 Å². The van der Waals surface area contributed by atoms with Gasteiger partial charge in [-0.3, -0.25) is 4.79 Å². The molecule has 2 aromatic rings. The molecule has 2 aliphatic rings. The van der Waals surface area contributed by atoms with Gasteiger partial charge in [-0.1, -0.05) is 37.7 Å². The molecule has 4 rings (SSSR count). The first kappa shape index (κ1) is 21.1. The van der Waals surface area contributed by atoms with Crippen molar-refractivity contribution in [3.05, 3.63) is 42.0 Å². The molecule has 1 amide bonds. The van der Waals surface area contributed by atoms with Crippen LogP contribution >= 0.6 is 11.8 Å². The molecule has 2 aliphatic heterocycles. The first-order valence-electron chi connectivity index (χ1n) is 10.8. The molecular weight excluding hydrogens is 396 g/mol. The normalized spacial score (nSPS) is 18.1. The summed E-state index contributed by atoms with van der Waals surface area (Å²) in [4.78, 5) is 18.1. The largest absolute Gasteiger partial charge is 0.378 e. The predicted octanol–water partition coefficient (Wildman–Crippen LogP) is 3.83. The Balaban J connectivity index is 1.30. The first-order chi connectivity index (χ1) is 14.6. The summed E-state index contributed by atoms with van der Waals surface area (Å²) >= 11 is 1.63. The standard InChI is InChI=1S/C23H30N4O2S/c1-17(2)18-3-5-20(6-4-18)30-22-8-7-21(24-25-22)26-11-9-19(10-12-26)23(28)27-13-15-29-16-14-27/h3-8,17,19H,9-16H2,1-2H3. The Bertz CT molecular complexity index is 827. The molecule has 0 aliphatic carbocycles. The summed E-state index contributed by atoms with van der Waals surface area (Å²) in [5, 5.41) is 9.76. The smallest absolute Gasteiger partial charge is 0.225 e. The number of nitrogens with zero attached hydrogens (tertiary/aromatic N) is 4. The second-order valence-electron chi connectivity index (χ2n) is 8.25. The monoisotopic (exact) mass is 426 g/mol. The average molecular weight is 427 g/mol. The molecule has 7 heteroatoms. The molecule has 3 heterocycles. The van der Waals surface area contributed by atoms with E-state index in [1.54, 1.807) is 11.8 Å². The average Bonchev–Trinajstić information content (AvgIpc) is 2.80. The maximum absolute atomic E-state index is 12.7. The third-order valence-electron chi connectivity index (χ3n) is 5.89. The molecule has 2 saturated heterocycles. The lowest BCUT2D eigenvalue weighted by Gasteiger charge is -2.35. The number of rotatable bonds is 5. The lowest BCUT2D eigenvalue weighted by molar-refractivity contribution is -0.140. The highest BCUT2D eigenvalue weighted by Gasteiger charge is 2.29. The highest BCUT2D eigenvalue weighted by atomic mass is 32.2. The van der Waals surface area contributed by atoms with Crippen molar-refractivity contribution in [2.75, 3.05) is 44.3 Å². The molecule has 0 bridgehead atoms. The summed E-state index contributed by atoms with van der Waals surface area (Å²) < 4.78 is 5.35. The molecule has 160 valence electrons. The van der Waals surface area contributed by atoms with Gasteiger partial charge in [0.1, 0.15) is 5.03 Å². The van der Waals surface area contributed by atoms with Gasteiger partial charge in [-0.05, 0) is 48.6 Å². The van der Waals surface area contributed by atoms with Gasteiger partial charge in [0.15, 0.2) is 5.82 Å². The van der Waals surface area contributed by atoms with Crippen molar-refractivity contribution in [1.82, 2.24) is 15.1 Å². The van der Waals surface area contributed by atoms with Crippen LogP contribution in [0, 0.1) is 5.92 Å². The van der Waals surface area contributed by atoms with Crippen LogP contribution < -0.4 is 4.90 Å². The van der Waals surface area contributed by atoms with Crippen molar-refractivity contribution in [2.24, 2.45) is 5.92 Å². The van der Waals surface area contributed by atoms with Crippen LogP contribution in [0.2, 0.25) is 0 Å². The highest BCUT2D eigenvalue weighted by molar-refractivity contribution is 7.99. The van der Waals surface area contributed by atoms with Crippen molar-refractivity contribution in [3.63, 3.8) is 0 Å². The fraction of sp³-hybridized carbons (Fsp3) is 0.522. The zero-order valence-electron chi connectivity index (χ0n) is 17.8. The molecule has 0 atom stereocenters. The third kappa shape index (κ3) is 5.13. The Kier molecular flexibility index (Phi) is 6.89. The van der Waals surface area contributed by atoms with E-state index in [4.69, 9.17) is 4.74 Å². The number of morpholine rings is 1. The number of piperidine rings is 1. The number of anilines is 1. The zero-order valence-corrected chi connectivity index (χ0v) is 18.6. The molecule has 0 saturated carbocycles. The van der Waals surface area contributed by atoms with Crippen LogP contribution in [0.25, 0.3) is 0 Å². The second kappa shape index (κ2) is 9.79. The Morgan fingerprint density at radius 3 is 2.30 bits per heavy atom. The van der Waals surface area contributed by atoms with Gasteiger partial charge < -0.3 is 14.5 Å². The van der Waals surface area contributed by atoms with Crippen LogP contribution in [0.4, 0.5) is 5.82 Å². The molecule has 1 aromatic carbocycles. The van der Waals surface area contributed by atoms with E-state index in [9.17, 15) is 4.79 Å². The van der Waals surface area contributed by atoms with E-state index in [2.05, 4.69) is 53.2 Å². The molecule has 1 aromatic heterocycles. The molecule has 0 N–H and O–H groups in total. The van der Waals surface area contributed by atoms with Crippen LogP contribution in [-0.2, 0) is 9.53 Å². The minimum absolute atomic E-state index is 0.121. The van der Waals surface area contributed by atoms with Gasteiger partial charge in [0, 0.05) is 37.0 Å². The van der Waals surface area contributed by atoms with Gasteiger partial charge in [0.05, 0.1) is 13.2 Å². The van der Waals surface area contributed by atoms with Crippen LogP contribution in [0.1, 0.15) is 38.2 Å². The number of hydrogen-bond acceptors (Lipinski definition) is 6. The quantitative estimate of drug-likeness (QED) is 0.724. The molecule has 2 fully saturated rings. The molecule has 6 nitrogen and oxygen atoms in total. The van der Waals surface area contributed by atoms with E-state index in [1.807, 2.05) is 17.0 Å². The molecule has 0 spiro atoms. The number of amides is 1. The van der Waals surface area contributed by atoms with E-state index in [0.717, 1.165) is 49.9 Å². The second-order valence-corrected chi connectivity index (χ2v) is 9.35. The van der Waals surface area contributed by atoms with Crippen LogP contribution in [0.15, 0.2) is 46.3 Å². The van der Waals surface area contributed by atoms with Gasteiger partial charge in [0.2, 0.25) is 5.91 Å². The minimum atomic E-state index is 0.121. The van der Waals surface area contributed by atoms with Crippen molar-refractivity contribution < 1.29 is 9.53 Å². The van der Waals surface area contributed by atoms with Crippen molar-refractivity contribution in [2.45, 2.75) is 42.5 Å². The molecule has 0 unspecified atom stereocenters. The van der Waals surface area contributed by atoms with Crippen LogP contribution in [0.5, 0.6) is 0 Å². The lowest BCUT2D eigenvalue weighted by atomic mass is 9.95. The van der Waals surface area contributed by atoms with Gasteiger partial charge in [0.25, 0.3) is 0 Å². The van der Waals surface area contributed by atoms with Gasteiger partial charge in [-0.2, -0.15) is 0 Å². The SMILES string of the molecule is CC(C)c1ccc(Sc2ccc(N3CCC(C(=O)N4CCOCC4)CC3)nn2)cc1. The Morgan fingerprint density at radius 2 is 1.70 bits per heavy atom. The summed E-state index contributed by atoms with van der Waals surface area (Å²) in [6.45, 7) is 8.87. The fourth-order valence-corrected chi connectivity index (χ4v) is 4.71. The summed E-state index contributed by atoms with van der Waals surface area (Å²) in [5.74, 6) is 1.85. The number of carbonyl (C=O) groups excluding carboxylic acids is 1. The molecular formula is C23H30N4O2S. The fourth-order valence-electron chi connectivity index (χ4n) is 3.98. The van der Waals surface area contributed by atoms with E-state index in [0.29, 0.717) is 25.0 Å². The van der Waals surface area contributed by atoms with Crippen LogP contribution in [-0.4, -0.2) is 60.4 Å². The number of aromatic nitrogens is 2. The molecule has 0 radical (unpaired) electrons. The number of carbonyl (C=O) groups is 1. The maximum atomic E-state index is 12.7. The Hall–Kier alpha value is -2.12. The number of hydrogen-bond donors (Lipinski definition) is 0. The van der Waals surface area contributed by atoms with Gasteiger partial charge in [-0.25, -0.2) is 0 Å². The van der Waals surface area contributed by atoms with Crippen LogP contribution in [0.3, 0.4) is 0 Å². The zero-order chi connectivity index (χ0) is 20.9. The van der Waals surface area contributed by atoms with Gasteiger partial charge >= 0.3 is 0 Å². The number of benzene rings is 1. The summed E-state index contributed by atoms with van der Waals surface area (Å²) in [7, 11) is 0. The van der Waals surface area contributed by atoms with Crippen molar-refractivity contribution >= 4 is 23.5 Å². The summed E-state index contributed by atoms with van der Waals surface area (Å²) in [6, 6.07) is 12.7. The van der Waals surface area contributed by atoms with Gasteiger partial charge in [-0.15, -0.1) is 10.2 Å². The molecule has 30 heavy (non-hydrogen) atoms. The predicted molar refractivity (Wildman–Crippen MR) is 119 cm³/mol. The van der Waals surface area contributed by atoms with Crippen molar-refractivity contribution in [3.8, 4) is 0 Å². The number of ether oxygens (including phenoxy) is 1. The summed E-state index contributed by atoms with van der Waals surface area (Å²) in [6.07, 6.45) is 1.74. The Morgan fingerprint density at radius 1 is 1.00 bits per heavy atom. The topological polar surface area (TPSA) is 58.6 Å². The highest BCUT2D eigenvalue weighted by Crippen LogP contribution is 2.29.